The van der Waals surface area contributed by atoms with Crippen LogP contribution < -0.4 is 5.56 Å². The Bertz CT molecular complexity index is 663. The van der Waals surface area contributed by atoms with Gasteiger partial charge in [0.25, 0.3) is 5.56 Å². The summed E-state index contributed by atoms with van der Waals surface area (Å²) in [4.78, 5) is 12.6. The summed E-state index contributed by atoms with van der Waals surface area (Å²) < 4.78 is 16.7. The molecular weight excluding hydrogens is 243 g/mol. The van der Waals surface area contributed by atoms with Crippen LogP contribution in [0.5, 0.6) is 0 Å². The highest BCUT2D eigenvalue weighted by Crippen LogP contribution is 2.40. The van der Waals surface area contributed by atoms with E-state index in [1.807, 2.05) is 18.5 Å². The molecule has 1 aromatic heterocycles. The normalized spacial score (nSPS) is 14.9. The molecule has 0 amide bonds. The van der Waals surface area contributed by atoms with Crippen molar-refractivity contribution in [2.24, 2.45) is 0 Å². The van der Waals surface area contributed by atoms with Gasteiger partial charge in [-0.15, -0.1) is 0 Å². The van der Waals surface area contributed by atoms with Gasteiger partial charge in [-0.05, 0) is 56.9 Å². The van der Waals surface area contributed by atoms with Crippen LogP contribution >= 0.6 is 0 Å². The van der Waals surface area contributed by atoms with Crippen LogP contribution in [0.1, 0.15) is 36.9 Å². The summed E-state index contributed by atoms with van der Waals surface area (Å²) in [6.07, 6.45) is 2.21. The predicted molar refractivity (Wildman–Crippen MR) is 72.4 cm³/mol. The van der Waals surface area contributed by atoms with Gasteiger partial charge in [0, 0.05) is 17.8 Å². The SMILES string of the molecule is CCn1c(C)c(C2CC2)c(=O)n1-c1ccc(F)cc1. The first-order chi connectivity index (χ1) is 9.13. The molecule has 0 radical (unpaired) electrons. The van der Waals surface area contributed by atoms with Gasteiger partial charge in [0.2, 0.25) is 0 Å². The van der Waals surface area contributed by atoms with Gasteiger partial charge in [0.15, 0.2) is 0 Å². The molecule has 0 bridgehead atoms. The molecule has 100 valence electrons. The summed E-state index contributed by atoms with van der Waals surface area (Å²) in [5.41, 5.74) is 2.75. The van der Waals surface area contributed by atoms with E-state index in [1.165, 1.54) is 12.1 Å². The maximum atomic E-state index is 13.0. The maximum absolute atomic E-state index is 13.0. The van der Waals surface area contributed by atoms with Crippen molar-refractivity contribution in [2.45, 2.75) is 39.2 Å². The van der Waals surface area contributed by atoms with E-state index in [0.717, 1.165) is 36.3 Å². The van der Waals surface area contributed by atoms with E-state index in [2.05, 4.69) is 0 Å². The monoisotopic (exact) mass is 260 g/mol. The average molecular weight is 260 g/mol. The lowest BCUT2D eigenvalue weighted by atomic mass is 10.2. The first-order valence-electron chi connectivity index (χ1n) is 6.71. The van der Waals surface area contributed by atoms with Crippen molar-refractivity contribution in [1.29, 1.82) is 0 Å². The predicted octanol–water partition coefficient (Wildman–Crippen LogP) is 2.98. The number of halogens is 1. The Hall–Kier alpha value is -1.84. The molecular formula is C15H17FN2O. The summed E-state index contributed by atoms with van der Waals surface area (Å²) in [5.74, 6) is 0.137. The molecule has 1 aliphatic carbocycles. The fourth-order valence-electron chi connectivity index (χ4n) is 2.73. The van der Waals surface area contributed by atoms with E-state index < -0.39 is 0 Å². The Morgan fingerprint density at radius 1 is 1.26 bits per heavy atom. The molecule has 1 fully saturated rings. The van der Waals surface area contributed by atoms with E-state index in [1.54, 1.807) is 16.8 Å². The molecule has 0 saturated heterocycles. The van der Waals surface area contributed by atoms with Crippen LogP contribution in [0.2, 0.25) is 0 Å². The number of rotatable bonds is 3. The van der Waals surface area contributed by atoms with Crippen LogP contribution in [-0.2, 0) is 6.54 Å². The van der Waals surface area contributed by atoms with Crippen LogP contribution in [0.3, 0.4) is 0 Å². The minimum atomic E-state index is -0.287. The topological polar surface area (TPSA) is 26.9 Å². The van der Waals surface area contributed by atoms with Crippen LogP contribution in [0.4, 0.5) is 4.39 Å². The van der Waals surface area contributed by atoms with Gasteiger partial charge in [-0.1, -0.05) is 0 Å². The molecule has 0 N–H and O–H groups in total. The second-order valence-corrected chi connectivity index (χ2v) is 5.08. The number of hydrogen-bond donors (Lipinski definition) is 0. The van der Waals surface area contributed by atoms with Crippen LogP contribution in [0.25, 0.3) is 5.69 Å². The lowest BCUT2D eigenvalue weighted by Crippen LogP contribution is -2.22. The zero-order valence-corrected chi connectivity index (χ0v) is 11.2. The second-order valence-electron chi connectivity index (χ2n) is 5.08. The molecule has 1 aromatic carbocycles. The van der Waals surface area contributed by atoms with Crippen LogP contribution in [-0.4, -0.2) is 9.36 Å². The number of nitrogens with zero attached hydrogens (tertiary/aromatic N) is 2. The Balaban J connectivity index is 2.22. The molecule has 0 atom stereocenters. The molecule has 3 rings (SSSR count). The Morgan fingerprint density at radius 2 is 1.89 bits per heavy atom. The highest BCUT2D eigenvalue weighted by molar-refractivity contribution is 5.36. The second kappa shape index (κ2) is 4.37. The Labute approximate surface area is 111 Å². The summed E-state index contributed by atoms with van der Waals surface area (Å²) >= 11 is 0. The van der Waals surface area contributed by atoms with Gasteiger partial charge < -0.3 is 0 Å². The smallest absolute Gasteiger partial charge is 0.275 e. The first kappa shape index (κ1) is 12.2. The van der Waals surface area contributed by atoms with Gasteiger partial charge in [-0.25, -0.2) is 9.07 Å². The highest BCUT2D eigenvalue weighted by Gasteiger charge is 2.31. The molecule has 2 aromatic rings. The summed E-state index contributed by atoms with van der Waals surface area (Å²) in [5, 5.41) is 0. The van der Waals surface area contributed by atoms with Crippen molar-refractivity contribution in [3.63, 3.8) is 0 Å². The van der Waals surface area contributed by atoms with Crippen LogP contribution in [0, 0.1) is 12.7 Å². The summed E-state index contributed by atoms with van der Waals surface area (Å²) in [7, 11) is 0. The minimum Gasteiger partial charge on any atom is -0.282 e. The molecule has 0 spiro atoms. The number of benzene rings is 1. The zero-order valence-electron chi connectivity index (χ0n) is 11.2. The Morgan fingerprint density at radius 3 is 2.42 bits per heavy atom. The maximum Gasteiger partial charge on any atom is 0.275 e. The van der Waals surface area contributed by atoms with Crippen molar-refractivity contribution in [1.82, 2.24) is 9.36 Å². The van der Waals surface area contributed by atoms with E-state index in [9.17, 15) is 9.18 Å². The van der Waals surface area contributed by atoms with E-state index in [4.69, 9.17) is 0 Å². The highest BCUT2D eigenvalue weighted by atomic mass is 19.1. The van der Waals surface area contributed by atoms with Crippen molar-refractivity contribution in [2.75, 3.05) is 0 Å². The summed E-state index contributed by atoms with van der Waals surface area (Å²) in [6.45, 7) is 4.74. The molecule has 1 saturated carbocycles. The lowest BCUT2D eigenvalue weighted by molar-refractivity contribution is 0.558. The van der Waals surface area contributed by atoms with Crippen molar-refractivity contribution < 1.29 is 4.39 Å². The van der Waals surface area contributed by atoms with Gasteiger partial charge in [0.1, 0.15) is 5.82 Å². The van der Waals surface area contributed by atoms with E-state index in [-0.39, 0.29) is 11.4 Å². The fraction of sp³-hybridized carbons (Fsp3) is 0.400. The minimum absolute atomic E-state index is 0.0495. The molecule has 3 nitrogen and oxygen atoms in total. The van der Waals surface area contributed by atoms with Crippen LogP contribution in [0.15, 0.2) is 29.1 Å². The summed E-state index contributed by atoms with van der Waals surface area (Å²) in [6, 6.07) is 6.08. The fourth-order valence-corrected chi connectivity index (χ4v) is 2.73. The van der Waals surface area contributed by atoms with Gasteiger partial charge in [0.05, 0.1) is 5.69 Å². The zero-order chi connectivity index (χ0) is 13.6. The number of hydrogen-bond acceptors (Lipinski definition) is 1. The average Bonchev–Trinajstić information content (AvgIpc) is 3.18. The third-order valence-corrected chi connectivity index (χ3v) is 3.80. The molecule has 1 aliphatic rings. The Kier molecular flexibility index (Phi) is 2.81. The van der Waals surface area contributed by atoms with Gasteiger partial charge >= 0.3 is 0 Å². The third-order valence-electron chi connectivity index (χ3n) is 3.80. The van der Waals surface area contributed by atoms with Crippen molar-refractivity contribution in [3.05, 3.63) is 51.7 Å². The largest absolute Gasteiger partial charge is 0.282 e. The van der Waals surface area contributed by atoms with Crippen molar-refractivity contribution in [3.8, 4) is 5.69 Å². The standard InChI is InChI=1S/C15H17FN2O/c1-3-17-10(2)14(11-4-5-11)15(19)18(17)13-8-6-12(16)7-9-13/h6-9,11H,3-5H2,1-2H3. The third kappa shape index (κ3) is 1.91. The van der Waals surface area contributed by atoms with E-state index >= 15 is 0 Å². The molecule has 1 heterocycles. The van der Waals surface area contributed by atoms with Gasteiger partial charge in [-0.3, -0.25) is 9.48 Å². The first-order valence-corrected chi connectivity index (χ1v) is 6.71. The molecule has 4 heteroatoms. The molecule has 0 unspecified atom stereocenters. The molecule has 19 heavy (non-hydrogen) atoms. The van der Waals surface area contributed by atoms with Crippen molar-refractivity contribution >= 4 is 0 Å². The quantitative estimate of drug-likeness (QED) is 0.833. The van der Waals surface area contributed by atoms with E-state index in [0.29, 0.717) is 5.92 Å². The number of aromatic nitrogens is 2. The van der Waals surface area contributed by atoms with Gasteiger partial charge in [-0.2, -0.15) is 0 Å². The lowest BCUT2D eigenvalue weighted by Gasteiger charge is -2.11. The molecule has 0 aliphatic heterocycles.